The van der Waals surface area contributed by atoms with Gasteiger partial charge in [0.25, 0.3) is 0 Å². The van der Waals surface area contributed by atoms with Gasteiger partial charge >= 0.3 is 0 Å². The highest BCUT2D eigenvalue weighted by Gasteiger charge is 2.11. The molecule has 1 aromatic carbocycles. The fourth-order valence-electron chi connectivity index (χ4n) is 2.47. The van der Waals surface area contributed by atoms with Crippen molar-refractivity contribution in [3.8, 4) is 22.4 Å². The molecular weight excluding hydrogens is 244 g/mol. The normalized spacial score (nSPS) is 10.5. The Morgan fingerprint density at radius 3 is 2.55 bits per heavy atom. The minimum atomic E-state index is 1.15. The molecule has 0 bridgehead atoms. The van der Waals surface area contributed by atoms with Gasteiger partial charge in [0.2, 0.25) is 5.69 Å². The Morgan fingerprint density at radius 2 is 1.85 bits per heavy atom. The molecule has 20 heavy (non-hydrogen) atoms. The van der Waals surface area contributed by atoms with Crippen molar-refractivity contribution in [2.45, 2.75) is 6.92 Å². The first-order valence-electron chi connectivity index (χ1n) is 6.72. The molecule has 2 heterocycles. The van der Waals surface area contributed by atoms with Crippen LogP contribution in [0.1, 0.15) is 5.56 Å². The molecule has 0 aliphatic heterocycles. The molecule has 0 amide bonds. The van der Waals surface area contributed by atoms with Gasteiger partial charge in [0, 0.05) is 30.1 Å². The lowest BCUT2D eigenvalue weighted by molar-refractivity contribution is -0.660. The van der Waals surface area contributed by atoms with Crippen molar-refractivity contribution in [3.05, 3.63) is 72.7 Å². The summed E-state index contributed by atoms with van der Waals surface area (Å²) in [6.45, 7) is 2.15. The maximum absolute atomic E-state index is 4.18. The van der Waals surface area contributed by atoms with Crippen LogP contribution in [-0.2, 0) is 7.05 Å². The van der Waals surface area contributed by atoms with Crippen molar-refractivity contribution in [2.24, 2.45) is 7.05 Å². The van der Waals surface area contributed by atoms with Gasteiger partial charge in [-0.25, -0.2) is 4.57 Å². The van der Waals surface area contributed by atoms with E-state index in [9.17, 15) is 0 Å². The first-order valence-corrected chi connectivity index (χ1v) is 6.72. The third-order valence-electron chi connectivity index (χ3n) is 3.55. The first kappa shape index (κ1) is 12.5. The van der Waals surface area contributed by atoms with Crippen LogP contribution in [0.2, 0.25) is 0 Å². The quantitative estimate of drug-likeness (QED) is 0.645. The van der Waals surface area contributed by atoms with Crippen molar-refractivity contribution in [1.82, 2.24) is 4.98 Å². The number of aromatic nitrogens is 2. The summed E-state index contributed by atoms with van der Waals surface area (Å²) in [5.41, 5.74) is 6.12. The van der Waals surface area contributed by atoms with E-state index in [0.29, 0.717) is 0 Å². The number of nitrogens with zero attached hydrogens (tertiary/aromatic N) is 2. The smallest absolute Gasteiger partial charge is 0.212 e. The maximum atomic E-state index is 4.18. The number of hydrogen-bond donors (Lipinski definition) is 0. The average molecular weight is 261 g/mol. The lowest BCUT2D eigenvalue weighted by atomic mass is 9.99. The Morgan fingerprint density at radius 1 is 0.950 bits per heavy atom. The Balaban J connectivity index is 2.07. The topological polar surface area (TPSA) is 16.8 Å². The van der Waals surface area contributed by atoms with E-state index < -0.39 is 0 Å². The van der Waals surface area contributed by atoms with Crippen LogP contribution in [0.4, 0.5) is 0 Å². The second-order valence-electron chi connectivity index (χ2n) is 4.97. The van der Waals surface area contributed by atoms with E-state index in [1.165, 1.54) is 22.4 Å². The Labute approximate surface area is 119 Å². The van der Waals surface area contributed by atoms with Crippen molar-refractivity contribution in [3.63, 3.8) is 0 Å². The van der Waals surface area contributed by atoms with Crippen LogP contribution in [-0.4, -0.2) is 4.98 Å². The number of pyridine rings is 2. The molecule has 3 rings (SSSR count). The summed E-state index contributed by atoms with van der Waals surface area (Å²) < 4.78 is 2.14. The highest BCUT2D eigenvalue weighted by atomic mass is 14.9. The zero-order valence-electron chi connectivity index (χ0n) is 11.7. The van der Waals surface area contributed by atoms with Gasteiger partial charge < -0.3 is 0 Å². The maximum Gasteiger partial charge on any atom is 0.212 e. The summed E-state index contributed by atoms with van der Waals surface area (Å²) in [5.74, 6) is 0. The second kappa shape index (κ2) is 5.25. The Kier molecular flexibility index (Phi) is 3.30. The van der Waals surface area contributed by atoms with Crippen molar-refractivity contribution >= 4 is 0 Å². The third-order valence-corrected chi connectivity index (χ3v) is 3.55. The zero-order chi connectivity index (χ0) is 13.9. The largest absolute Gasteiger partial charge is 0.264 e. The van der Waals surface area contributed by atoms with Gasteiger partial charge in [0.15, 0.2) is 6.20 Å². The van der Waals surface area contributed by atoms with E-state index in [1.807, 2.05) is 18.3 Å². The summed E-state index contributed by atoms with van der Waals surface area (Å²) >= 11 is 0. The van der Waals surface area contributed by atoms with Gasteiger partial charge in [-0.3, -0.25) is 4.98 Å². The average Bonchev–Trinajstić information content (AvgIpc) is 2.49. The van der Waals surface area contributed by atoms with E-state index in [-0.39, 0.29) is 0 Å². The number of benzene rings is 1. The molecule has 2 aromatic heterocycles. The minimum absolute atomic E-state index is 1.15. The van der Waals surface area contributed by atoms with E-state index in [0.717, 1.165) is 5.56 Å². The first-order chi connectivity index (χ1) is 9.75. The van der Waals surface area contributed by atoms with Crippen LogP contribution < -0.4 is 4.57 Å². The zero-order valence-corrected chi connectivity index (χ0v) is 11.7. The van der Waals surface area contributed by atoms with Gasteiger partial charge in [-0.15, -0.1) is 0 Å². The third kappa shape index (κ3) is 2.32. The lowest BCUT2D eigenvalue weighted by Crippen LogP contribution is -2.30. The van der Waals surface area contributed by atoms with Gasteiger partial charge in [-0.2, -0.15) is 0 Å². The van der Waals surface area contributed by atoms with Crippen LogP contribution in [0.25, 0.3) is 22.4 Å². The fraction of sp³-hybridized carbons (Fsp3) is 0.111. The van der Waals surface area contributed by atoms with E-state index >= 15 is 0 Å². The molecule has 0 saturated carbocycles. The molecule has 0 fully saturated rings. The van der Waals surface area contributed by atoms with Crippen LogP contribution in [0.3, 0.4) is 0 Å². The van der Waals surface area contributed by atoms with Gasteiger partial charge in [-0.1, -0.05) is 18.2 Å². The molecule has 3 aromatic rings. The van der Waals surface area contributed by atoms with Crippen LogP contribution in [0.5, 0.6) is 0 Å². The predicted octanol–water partition coefficient (Wildman–Crippen LogP) is 3.55. The summed E-state index contributed by atoms with van der Waals surface area (Å²) in [6.07, 6.45) is 5.77. The molecule has 0 unspecified atom stereocenters. The van der Waals surface area contributed by atoms with Crippen LogP contribution >= 0.6 is 0 Å². The molecule has 0 aliphatic rings. The monoisotopic (exact) mass is 261 g/mol. The van der Waals surface area contributed by atoms with E-state index in [1.54, 1.807) is 6.20 Å². The molecule has 2 heteroatoms. The second-order valence-corrected chi connectivity index (χ2v) is 4.97. The molecule has 0 atom stereocenters. The molecule has 0 N–H and O–H groups in total. The number of hydrogen-bond acceptors (Lipinski definition) is 1. The molecule has 0 spiro atoms. The van der Waals surface area contributed by atoms with E-state index in [4.69, 9.17) is 0 Å². The van der Waals surface area contributed by atoms with Crippen molar-refractivity contribution < 1.29 is 4.57 Å². The van der Waals surface area contributed by atoms with Gasteiger partial charge in [-0.05, 0) is 41.8 Å². The predicted molar refractivity (Wildman–Crippen MR) is 81.0 cm³/mol. The molecule has 0 radical (unpaired) electrons. The minimum Gasteiger partial charge on any atom is -0.264 e. The van der Waals surface area contributed by atoms with E-state index in [2.05, 4.69) is 66.1 Å². The van der Waals surface area contributed by atoms with Gasteiger partial charge in [0.05, 0.1) is 0 Å². The Bertz CT molecular complexity index is 733. The summed E-state index contributed by atoms with van der Waals surface area (Å²) in [6, 6.07) is 16.9. The fourth-order valence-corrected chi connectivity index (χ4v) is 2.47. The number of aryl methyl sites for hydroxylation is 2. The Hall–Kier alpha value is -2.48. The lowest BCUT2D eigenvalue weighted by Gasteiger charge is -2.07. The molecule has 0 aliphatic carbocycles. The highest BCUT2D eigenvalue weighted by Crippen LogP contribution is 2.26. The van der Waals surface area contributed by atoms with Crippen molar-refractivity contribution in [1.29, 1.82) is 0 Å². The number of rotatable bonds is 2. The van der Waals surface area contributed by atoms with Gasteiger partial charge in [0.1, 0.15) is 7.05 Å². The molecule has 0 saturated heterocycles. The standard InChI is InChI=1S/C18H17N2/c1-14-12-15(16-6-5-10-19-13-16)8-9-17(14)18-7-3-4-11-20(18)2/h3-13H,1-2H3/q+1. The highest BCUT2D eigenvalue weighted by molar-refractivity contribution is 5.70. The molecule has 2 nitrogen and oxygen atoms in total. The molecule has 98 valence electrons. The SMILES string of the molecule is Cc1cc(-c2cccnc2)ccc1-c1cccc[n+]1C. The van der Waals surface area contributed by atoms with Crippen LogP contribution in [0.15, 0.2) is 67.1 Å². The summed E-state index contributed by atoms with van der Waals surface area (Å²) in [4.78, 5) is 4.18. The van der Waals surface area contributed by atoms with Crippen LogP contribution in [0, 0.1) is 6.92 Å². The summed E-state index contributed by atoms with van der Waals surface area (Å²) in [7, 11) is 2.07. The van der Waals surface area contributed by atoms with Crippen molar-refractivity contribution in [2.75, 3.05) is 0 Å². The summed E-state index contributed by atoms with van der Waals surface area (Å²) in [5, 5.41) is 0. The molecular formula is C18H17N2+.